The molecule has 0 spiro atoms. The minimum atomic E-state index is 0.231. The first-order valence-corrected chi connectivity index (χ1v) is 4.71. The summed E-state index contributed by atoms with van der Waals surface area (Å²) in [5.74, 6) is 1.00. The van der Waals surface area contributed by atoms with Crippen molar-refractivity contribution in [3.05, 3.63) is 0 Å². The SMILES string of the molecule is O=C(C1CC1)N1CC[C@H](CO)C1. The molecule has 0 aromatic rings. The Kier molecular flexibility index (Phi) is 2.05. The molecule has 0 aromatic carbocycles. The van der Waals surface area contributed by atoms with Crippen molar-refractivity contribution in [1.82, 2.24) is 4.90 Å². The lowest BCUT2D eigenvalue weighted by Gasteiger charge is -2.15. The average molecular weight is 169 g/mol. The maximum Gasteiger partial charge on any atom is 0.225 e. The molecule has 2 aliphatic rings. The van der Waals surface area contributed by atoms with E-state index < -0.39 is 0 Å². The number of carbonyl (C=O) groups is 1. The molecule has 0 radical (unpaired) electrons. The maximum atomic E-state index is 11.5. The third-order valence-corrected chi connectivity index (χ3v) is 2.78. The van der Waals surface area contributed by atoms with Gasteiger partial charge in [-0.1, -0.05) is 0 Å². The minimum absolute atomic E-state index is 0.231. The van der Waals surface area contributed by atoms with Crippen molar-refractivity contribution < 1.29 is 9.90 Å². The zero-order valence-corrected chi connectivity index (χ0v) is 7.20. The van der Waals surface area contributed by atoms with Crippen molar-refractivity contribution in [2.45, 2.75) is 19.3 Å². The summed E-state index contributed by atoms with van der Waals surface area (Å²) in [6.07, 6.45) is 3.15. The van der Waals surface area contributed by atoms with Crippen LogP contribution >= 0.6 is 0 Å². The summed E-state index contributed by atoms with van der Waals surface area (Å²) in [6, 6.07) is 0. The molecular formula is C9H15NO2. The topological polar surface area (TPSA) is 40.5 Å². The van der Waals surface area contributed by atoms with Gasteiger partial charge in [0, 0.05) is 31.5 Å². The van der Waals surface area contributed by atoms with E-state index in [1.807, 2.05) is 4.90 Å². The number of hydrogen-bond acceptors (Lipinski definition) is 2. The highest BCUT2D eigenvalue weighted by atomic mass is 16.3. The van der Waals surface area contributed by atoms with Crippen LogP contribution in [-0.4, -0.2) is 35.6 Å². The second-order valence-electron chi connectivity index (χ2n) is 3.90. The maximum absolute atomic E-state index is 11.5. The number of amides is 1. The van der Waals surface area contributed by atoms with E-state index in [0.29, 0.717) is 17.7 Å². The summed E-state index contributed by atoms with van der Waals surface area (Å²) in [7, 11) is 0. The monoisotopic (exact) mass is 169 g/mol. The predicted molar refractivity (Wildman–Crippen MR) is 44.5 cm³/mol. The van der Waals surface area contributed by atoms with Crippen molar-refractivity contribution in [3.63, 3.8) is 0 Å². The smallest absolute Gasteiger partial charge is 0.225 e. The number of rotatable bonds is 2. The number of nitrogens with zero attached hydrogens (tertiary/aromatic N) is 1. The van der Waals surface area contributed by atoms with E-state index >= 15 is 0 Å². The lowest BCUT2D eigenvalue weighted by molar-refractivity contribution is -0.131. The Hall–Kier alpha value is -0.570. The van der Waals surface area contributed by atoms with E-state index in [2.05, 4.69) is 0 Å². The number of aliphatic hydroxyl groups is 1. The summed E-state index contributed by atoms with van der Waals surface area (Å²) in [5.41, 5.74) is 0. The summed E-state index contributed by atoms with van der Waals surface area (Å²) >= 11 is 0. The quantitative estimate of drug-likeness (QED) is 0.643. The Balaban J connectivity index is 1.85. The fourth-order valence-electron chi connectivity index (χ4n) is 1.77. The molecule has 0 bridgehead atoms. The zero-order valence-electron chi connectivity index (χ0n) is 7.20. The average Bonchev–Trinajstić information content (AvgIpc) is 2.82. The van der Waals surface area contributed by atoms with Gasteiger partial charge in [0.05, 0.1) is 0 Å². The van der Waals surface area contributed by atoms with E-state index in [4.69, 9.17) is 5.11 Å². The first-order chi connectivity index (χ1) is 5.81. The van der Waals surface area contributed by atoms with Gasteiger partial charge >= 0.3 is 0 Å². The molecule has 1 atom stereocenters. The Labute approximate surface area is 72.4 Å². The van der Waals surface area contributed by atoms with E-state index in [1.165, 1.54) is 0 Å². The van der Waals surface area contributed by atoms with Crippen molar-refractivity contribution in [1.29, 1.82) is 0 Å². The predicted octanol–water partition coefficient (Wildman–Crippen LogP) is 0.237. The van der Waals surface area contributed by atoms with Gasteiger partial charge in [0.2, 0.25) is 5.91 Å². The molecule has 3 heteroatoms. The van der Waals surface area contributed by atoms with Crippen LogP contribution in [0.4, 0.5) is 0 Å². The van der Waals surface area contributed by atoms with Gasteiger partial charge in [0.25, 0.3) is 0 Å². The van der Waals surface area contributed by atoms with Gasteiger partial charge in [-0.25, -0.2) is 0 Å². The molecule has 0 unspecified atom stereocenters. The molecule has 1 N–H and O–H groups in total. The summed E-state index contributed by atoms with van der Waals surface area (Å²) in [6.45, 7) is 1.88. The molecule has 3 nitrogen and oxygen atoms in total. The van der Waals surface area contributed by atoms with Crippen LogP contribution in [0.3, 0.4) is 0 Å². The number of aliphatic hydroxyl groups excluding tert-OH is 1. The molecule has 1 saturated heterocycles. The van der Waals surface area contributed by atoms with Gasteiger partial charge in [0.1, 0.15) is 0 Å². The highest BCUT2D eigenvalue weighted by molar-refractivity contribution is 5.81. The molecule has 68 valence electrons. The molecule has 1 aliphatic heterocycles. The van der Waals surface area contributed by atoms with Gasteiger partial charge in [-0.2, -0.15) is 0 Å². The molecule has 1 heterocycles. The largest absolute Gasteiger partial charge is 0.396 e. The van der Waals surface area contributed by atoms with Crippen molar-refractivity contribution in [2.24, 2.45) is 11.8 Å². The van der Waals surface area contributed by atoms with Crippen LogP contribution in [0.15, 0.2) is 0 Å². The van der Waals surface area contributed by atoms with E-state index in [1.54, 1.807) is 0 Å². The highest BCUT2D eigenvalue weighted by Gasteiger charge is 2.36. The van der Waals surface area contributed by atoms with Crippen LogP contribution < -0.4 is 0 Å². The Morgan fingerprint density at radius 2 is 2.17 bits per heavy atom. The van der Waals surface area contributed by atoms with Crippen molar-refractivity contribution >= 4 is 5.91 Å². The van der Waals surface area contributed by atoms with Crippen LogP contribution in [0.5, 0.6) is 0 Å². The van der Waals surface area contributed by atoms with Gasteiger partial charge in [-0.3, -0.25) is 4.79 Å². The van der Waals surface area contributed by atoms with Gasteiger partial charge in [0.15, 0.2) is 0 Å². The standard InChI is InChI=1S/C9H15NO2/c11-6-7-3-4-10(5-7)9(12)8-1-2-8/h7-8,11H,1-6H2/t7-/m0/s1. The van der Waals surface area contributed by atoms with Crippen molar-refractivity contribution in [2.75, 3.05) is 19.7 Å². The molecule has 1 amide bonds. The van der Waals surface area contributed by atoms with Crippen LogP contribution in [0.25, 0.3) is 0 Å². The molecule has 12 heavy (non-hydrogen) atoms. The van der Waals surface area contributed by atoms with Crippen LogP contribution in [0, 0.1) is 11.8 Å². The Morgan fingerprint density at radius 1 is 1.42 bits per heavy atom. The first kappa shape index (κ1) is 8.05. The molecule has 2 rings (SSSR count). The first-order valence-electron chi connectivity index (χ1n) is 4.71. The second-order valence-corrected chi connectivity index (χ2v) is 3.90. The highest BCUT2D eigenvalue weighted by Crippen LogP contribution is 2.32. The van der Waals surface area contributed by atoms with Crippen molar-refractivity contribution in [3.8, 4) is 0 Å². The van der Waals surface area contributed by atoms with Crippen LogP contribution in [0.2, 0.25) is 0 Å². The molecule has 2 fully saturated rings. The Morgan fingerprint density at radius 3 is 2.67 bits per heavy atom. The summed E-state index contributed by atoms with van der Waals surface area (Å²) < 4.78 is 0. The minimum Gasteiger partial charge on any atom is -0.396 e. The van der Waals surface area contributed by atoms with Gasteiger partial charge < -0.3 is 10.0 Å². The molecule has 1 saturated carbocycles. The molecular weight excluding hydrogens is 154 g/mol. The number of likely N-dealkylation sites (tertiary alicyclic amines) is 1. The van der Waals surface area contributed by atoms with Gasteiger partial charge in [-0.05, 0) is 19.3 Å². The second kappa shape index (κ2) is 3.05. The molecule has 1 aliphatic carbocycles. The summed E-state index contributed by atoms with van der Waals surface area (Å²) in [4.78, 5) is 13.4. The fourth-order valence-corrected chi connectivity index (χ4v) is 1.77. The number of carbonyl (C=O) groups excluding carboxylic acids is 1. The third kappa shape index (κ3) is 1.46. The fraction of sp³-hybridized carbons (Fsp3) is 0.889. The van der Waals surface area contributed by atoms with Gasteiger partial charge in [-0.15, -0.1) is 0 Å². The Bertz CT molecular complexity index is 189. The van der Waals surface area contributed by atoms with Crippen LogP contribution in [0.1, 0.15) is 19.3 Å². The van der Waals surface area contributed by atoms with Crippen LogP contribution in [-0.2, 0) is 4.79 Å². The molecule has 0 aromatic heterocycles. The van der Waals surface area contributed by atoms with E-state index in [9.17, 15) is 4.79 Å². The van der Waals surface area contributed by atoms with E-state index in [-0.39, 0.29) is 6.61 Å². The lowest BCUT2D eigenvalue weighted by atomic mass is 10.1. The summed E-state index contributed by atoms with van der Waals surface area (Å²) in [5, 5.41) is 8.88. The normalized spacial score (nSPS) is 29.4. The zero-order chi connectivity index (χ0) is 8.55. The lowest BCUT2D eigenvalue weighted by Crippen LogP contribution is -2.30. The number of hydrogen-bond donors (Lipinski definition) is 1. The third-order valence-electron chi connectivity index (χ3n) is 2.78. The van der Waals surface area contributed by atoms with E-state index in [0.717, 1.165) is 32.4 Å².